The number of aromatic nitrogens is 3. The van der Waals surface area contributed by atoms with Gasteiger partial charge in [0.05, 0.1) is 17.4 Å². The molecule has 0 aliphatic heterocycles. The Morgan fingerprint density at radius 2 is 2.21 bits per heavy atom. The molecule has 0 atom stereocenters. The number of fused-ring (bicyclic) bond motifs is 1. The molecule has 2 rings (SSSR count). The van der Waals surface area contributed by atoms with Crippen molar-refractivity contribution in [1.82, 2.24) is 19.3 Å². The molecule has 74 valence electrons. The van der Waals surface area contributed by atoms with Crippen LogP contribution in [0, 0.1) is 6.92 Å². The van der Waals surface area contributed by atoms with Crippen LogP contribution in [0.1, 0.15) is 11.5 Å². The molecule has 0 saturated carbocycles. The van der Waals surface area contributed by atoms with Crippen molar-refractivity contribution in [3.05, 3.63) is 30.1 Å². The molecule has 0 bridgehead atoms. The van der Waals surface area contributed by atoms with Crippen molar-refractivity contribution in [3.8, 4) is 0 Å². The number of hydrogen-bond acceptors (Lipinski definition) is 3. The first-order valence-electron chi connectivity index (χ1n) is 4.61. The molecule has 0 aromatic carbocycles. The Balaban J connectivity index is 2.55. The van der Waals surface area contributed by atoms with E-state index in [4.69, 9.17) is 0 Å². The van der Waals surface area contributed by atoms with E-state index in [1.54, 1.807) is 6.20 Å². The molecule has 14 heavy (non-hydrogen) atoms. The second-order valence-electron chi connectivity index (χ2n) is 3.68. The van der Waals surface area contributed by atoms with Gasteiger partial charge in [0.25, 0.3) is 0 Å². The van der Waals surface area contributed by atoms with E-state index in [1.165, 1.54) is 0 Å². The van der Waals surface area contributed by atoms with E-state index in [9.17, 15) is 0 Å². The zero-order valence-electron chi connectivity index (χ0n) is 8.73. The van der Waals surface area contributed by atoms with E-state index < -0.39 is 0 Å². The van der Waals surface area contributed by atoms with Gasteiger partial charge in [0, 0.05) is 18.9 Å². The molecule has 0 unspecified atom stereocenters. The number of hydrogen-bond donors (Lipinski definition) is 0. The standard InChI is InChI=1S/C10H14N4/c1-8-12-9(7-13(2)3)10-6-11-4-5-14(8)10/h4-6H,7H2,1-3H3. The summed E-state index contributed by atoms with van der Waals surface area (Å²) in [6, 6.07) is 0. The SMILES string of the molecule is Cc1nc(CN(C)C)c2cnccn12. The molecule has 0 N–H and O–H groups in total. The lowest BCUT2D eigenvalue weighted by atomic mass is 10.3. The summed E-state index contributed by atoms with van der Waals surface area (Å²) in [6.07, 6.45) is 5.58. The van der Waals surface area contributed by atoms with Crippen LogP contribution in [0.5, 0.6) is 0 Å². The highest BCUT2D eigenvalue weighted by Crippen LogP contribution is 2.12. The predicted octanol–water partition coefficient (Wildman–Crippen LogP) is 1.10. The fraction of sp³-hybridized carbons (Fsp3) is 0.400. The fourth-order valence-corrected chi connectivity index (χ4v) is 1.58. The Kier molecular flexibility index (Phi) is 2.21. The van der Waals surface area contributed by atoms with Crippen molar-refractivity contribution < 1.29 is 0 Å². The Bertz CT molecular complexity index is 444. The smallest absolute Gasteiger partial charge is 0.110 e. The average molecular weight is 190 g/mol. The van der Waals surface area contributed by atoms with Gasteiger partial charge in [0.1, 0.15) is 5.82 Å². The molecule has 0 aliphatic carbocycles. The maximum atomic E-state index is 4.51. The summed E-state index contributed by atoms with van der Waals surface area (Å²) in [6.45, 7) is 2.86. The van der Waals surface area contributed by atoms with Crippen molar-refractivity contribution in [2.75, 3.05) is 14.1 Å². The van der Waals surface area contributed by atoms with Crippen molar-refractivity contribution in [1.29, 1.82) is 0 Å². The minimum absolute atomic E-state index is 0.850. The van der Waals surface area contributed by atoms with Crippen molar-refractivity contribution in [2.45, 2.75) is 13.5 Å². The first-order valence-corrected chi connectivity index (χ1v) is 4.61. The zero-order chi connectivity index (χ0) is 10.1. The third-order valence-corrected chi connectivity index (χ3v) is 2.17. The van der Waals surface area contributed by atoms with Crippen molar-refractivity contribution in [3.63, 3.8) is 0 Å². The van der Waals surface area contributed by atoms with Crippen LogP contribution in [0.2, 0.25) is 0 Å². The third-order valence-electron chi connectivity index (χ3n) is 2.17. The molecule has 0 saturated heterocycles. The van der Waals surface area contributed by atoms with E-state index in [0.29, 0.717) is 0 Å². The minimum Gasteiger partial charge on any atom is -0.303 e. The van der Waals surface area contributed by atoms with Gasteiger partial charge >= 0.3 is 0 Å². The highest BCUT2D eigenvalue weighted by Gasteiger charge is 2.07. The molecule has 4 heteroatoms. The highest BCUT2D eigenvalue weighted by molar-refractivity contribution is 5.51. The van der Waals surface area contributed by atoms with E-state index >= 15 is 0 Å². The molecule has 0 spiro atoms. The topological polar surface area (TPSA) is 33.4 Å². The molecule has 2 heterocycles. The quantitative estimate of drug-likeness (QED) is 0.711. The summed E-state index contributed by atoms with van der Waals surface area (Å²) in [4.78, 5) is 10.7. The number of nitrogens with zero attached hydrogens (tertiary/aromatic N) is 4. The predicted molar refractivity (Wildman–Crippen MR) is 55.1 cm³/mol. The molecule has 0 aliphatic rings. The second-order valence-corrected chi connectivity index (χ2v) is 3.68. The molecule has 4 nitrogen and oxygen atoms in total. The second kappa shape index (κ2) is 3.38. The third kappa shape index (κ3) is 1.48. The van der Waals surface area contributed by atoms with E-state index in [0.717, 1.165) is 23.6 Å². The maximum Gasteiger partial charge on any atom is 0.110 e. The Labute approximate surface area is 83.2 Å². The van der Waals surface area contributed by atoms with Gasteiger partial charge in [-0.2, -0.15) is 0 Å². The van der Waals surface area contributed by atoms with Crippen molar-refractivity contribution in [2.24, 2.45) is 0 Å². The summed E-state index contributed by atoms with van der Waals surface area (Å²) in [5.74, 6) is 1.01. The van der Waals surface area contributed by atoms with Gasteiger partial charge < -0.3 is 9.30 Å². The van der Waals surface area contributed by atoms with E-state index in [1.807, 2.05) is 33.4 Å². The van der Waals surface area contributed by atoms with Gasteiger partial charge in [0.2, 0.25) is 0 Å². The largest absolute Gasteiger partial charge is 0.303 e. The molecule has 2 aromatic rings. The highest BCUT2D eigenvalue weighted by atomic mass is 15.1. The molecular weight excluding hydrogens is 176 g/mol. The molecular formula is C10H14N4. The lowest BCUT2D eigenvalue weighted by Gasteiger charge is -2.06. The monoisotopic (exact) mass is 190 g/mol. The van der Waals surface area contributed by atoms with E-state index in [2.05, 4.69) is 19.3 Å². The van der Waals surface area contributed by atoms with Gasteiger partial charge in [0.15, 0.2) is 0 Å². The van der Waals surface area contributed by atoms with Gasteiger partial charge in [-0.25, -0.2) is 4.98 Å². The van der Waals surface area contributed by atoms with Crippen molar-refractivity contribution >= 4 is 5.52 Å². The van der Waals surface area contributed by atoms with Crippen LogP contribution in [0.3, 0.4) is 0 Å². The van der Waals surface area contributed by atoms with Crippen LogP contribution in [0.4, 0.5) is 0 Å². The van der Waals surface area contributed by atoms with Crippen LogP contribution in [0.15, 0.2) is 18.6 Å². The average Bonchev–Trinajstić information content (AvgIpc) is 2.44. The molecule has 0 fully saturated rings. The van der Waals surface area contributed by atoms with Gasteiger partial charge in [-0.3, -0.25) is 4.98 Å². The number of rotatable bonds is 2. The van der Waals surface area contributed by atoms with Crippen LogP contribution >= 0.6 is 0 Å². The Morgan fingerprint density at radius 3 is 2.93 bits per heavy atom. The first kappa shape index (κ1) is 9.15. The molecule has 2 aromatic heterocycles. The Morgan fingerprint density at radius 1 is 1.43 bits per heavy atom. The van der Waals surface area contributed by atoms with Crippen LogP contribution in [-0.2, 0) is 6.54 Å². The lowest BCUT2D eigenvalue weighted by Crippen LogP contribution is -2.11. The van der Waals surface area contributed by atoms with Gasteiger partial charge in [-0.15, -0.1) is 0 Å². The number of aryl methyl sites for hydroxylation is 1. The summed E-state index contributed by atoms with van der Waals surface area (Å²) in [5, 5.41) is 0. The summed E-state index contributed by atoms with van der Waals surface area (Å²) in [5.41, 5.74) is 2.18. The minimum atomic E-state index is 0.850. The summed E-state index contributed by atoms with van der Waals surface area (Å²) < 4.78 is 2.06. The normalized spacial score (nSPS) is 11.4. The number of imidazole rings is 1. The summed E-state index contributed by atoms with van der Waals surface area (Å²) in [7, 11) is 4.08. The van der Waals surface area contributed by atoms with Crippen LogP contribution < -0.4 is 0 Å². The maximum absolute atomic E-state index is 4.51. The summed E-state index contributed by atoms with van der Waals surface area (Å²) >= 11 is 0. The van der Waals surface area contributed by atoms with Gasteiger partial charge in [-0.05, 0) is 21.0 Å². The Hall–Kier alpha value is -1.42. The zero-order valence-corrected chi connectivity index (χ0v) is 8.73. The molecule has 0 radical (unpaired) electrons. The van der Waals surface area contributed by atoms with Gasteiger partial charge in [-0.1, -0.05) is 0 Å². The van der Waals surface area contributed by atoms with Crippen LogP contribution in [0.25, 0.3) is 5.52 Å². The van der Waals surface area contributed by atoms with E-state index in [-0.39, 0.29) is 0 Å². The first-order chi connectivity index (χ1) is 6.68. The lowest BCUT2D eigenvalue weighted by molar-refractivity contribution is 0.399. The van der Waals surface area contributed by atoms with Crippen LogP contribution in [-0.4, -0.2) is 33.4 Å². The molecule has 0 amide bonds. The fourth-order valence-electron chi connectivity index (χ4n) is 1.58.